The van der Waals surface area contributed by atoms with Gasteiger partial charge in [-0.3, -0.25) is 0 Å². The molecule has 1 N–H and O–H groups in total. The number of fused-ring (bicyclic) bond motifs is 1. The van der Waals surface area contributed by atoms with Gasteiger partial charge in [0.2, 0.25) is 0 Å². The lowest BCUT2D eigenvalue weighted by atomic mass is 9.98. The van der Waals surface area contributed by atoms with E-state index in [9.17, 15) is 0 Å². The van der Waals surface area contributed by atoms with Gasteiger partial charge in [-0.1, -0.05) is 25.7 Å². The van der Waals surface area contributed by atoms with Gasteiger partial charge >= 0.3 is 0 Å². The molecule has 0 spiro atoms. The molecular formula is C15H23N3. The Morgan fingerprint density at radius 2 is 1.83 bits per heavy atom. The normalized spacial score (nSPS) is 21.4. The second kappa shape index (κ2) is 5.35. The van der Waals surface area contributed by atoms with E-state index in [1.165, 1.54) is 55.5 Å². The lowest BCUT2D eigenvalue weighted by Crippen LogP contribution is -2.27. The van der Waals surface area contributed by atoms with Crippen LogP contribution in [0.3, 0.4) is 0 Å². The summed E-state index contributed by atoms with van der Waals surface area (Å²) in [5, 5.41) is 3.41. The summed E-state index contributed by atoms with van der Waals surface area (Å²) in [5.41, 5.74) is 3.85. The van der Waals surface area contributed by atoms with E-state index in [1.807, 2.05) is 0 Å². The Balaban J connectivity index is 1.89. The molecule has 2 heterocycles. The molecule has 2 aliphatic rings. The molecule has 1 saturated carbocycles. The molecule has 0 aromatic carbocycles. The van der Waals surface area contributed by atoms with Crippen LogP contribution >= 0.6 is 0 Å². The number of rotatable bonds is 1. The number of aromatic nitrogens is 2. The number of hydrogen-bond donors (Lipinski definition) is 1. The summed E-state index contributed by atoms with van der Waals surface area (Å²) in [4.78, 5) is 9.69. The van der Waals surface area contributed by atoms with Gasteiger partial charge in [0.05, 0.1) is 5.69 Å². The second-order valence-corrected chi connectivity index (χ2v) is 5.71. The molecule has 0 saturated heterocycles. The summed E-state index contributed by atoms with van der Waals surface area (Å²) in [6, 6.07) is 0. The minimum Gasteiger partial charge on any atom is -0.312 e. The maximum atomic E-state index is 4.89. The first-order valence-corrected chi connectivity index (χ1v) is 7.41. The highest BCUT2D eigenvalue weighted by molar-refractivity contribution is 5.28. The average Bonchev–Trinajstić information content (AvgIpc) is 2.67. The first-order chi connectivity index (χ1) is 8.84. The van der Waals surface area contributed by atoms with E-state index in [4.69, 9.17) is 9.97 Å². The van der Waals surface area contributed by atoms with E-state index >= 15 is 0 Å². The molecule has 98 valence electrons. The number of nitrogens with one attached hydrogen (secondary N) is 1. The zero-order chi connectivity index (χ0) is 12.4. The van der Waals surface area contributed by atoms with Crippen molar-refractivity contribution in [2.45, 2.75) is 64.3 Å². The molecule has 1 aliphatic heterocycles. The fraction of sp³-hybridized carbons (Fsp3) is 0.733. The molecule has 0 amide bonds. The Kier molecular flexibility index (Phi) is 3.59. The van der Waals surface area contributed by atoms with Crippen molar-refractivity contribution in [2.24, 2.45) is 0 Å². The van der Waals surface area contributed by atoms with Crippen molar-refractivity contribution in [3.63, 3.8) is 0 Å². The molecule has 0 radical (unpaired) electrons. The van der Waals surface area contributed by atoms with Crippen molar-refractivity contribution in [3.05, 3.63) is 22.8 Å². The fourth-order valence-electron chi connectivity index (χ4n) is 3.26. The highest BCUT2D eigenvalue weighted by atomic mass is 15.0. The van der Waals surface area contributed by atoms with Crippen molar-refractivity contribution in [3.8, 4) is 0 Å². The van der Waals surface area contributed by atoms with Crippen molar-refractivity contribution in [1.29, 1.82) is 0 Å². The number of nitrogens with zero attached hydrogens (tertiary/aromatic N) is 2. The smallest absolute Gasteiger partial charge is 0.131 e. The molecule has 0 unspecified atom stereocenters. The number of hydrogen-bond acceptors (Lipinski definition) is 3. The summed E-state index contributed by atoms with van der Waals surface area (Å²) in [6.07, 6.45) is 9.14. The topological polar surface area (TPSA) is 37.8 Å². The SMILES string of the molecule is Cc1nc(C2CCCCCC2)nc2c1CNCC2. The van der Waals surface area contributed by atoms with Crippen molar-refractivity contribution in [2.75, 3.05) is 6.54 Å². The third-order valence-electron chi connectivity index (χ3n) is 4.38. The fourth-order valence-corrected chi connectivity index (χ4v) is 3.26. The Hall–Kier alpha value is -0.960. The van der Waals surface area contributed by atoms with E-state index in [-0.39, 0.29) is 0 Å². The van der Waals surface area contributed by atoms with Crippen LogP contribution in [0.4, 0.5) is 0 Å². The van der Waals surface area contributed by atoms with Gasteiger partial charge in [0.25, 0.3) is 0 Å². The maximum absolute atomic E-state index is 4.89. The molecule has 3 rings (SSSR count). The van der Waals surface area contributed by atoms with E-state index in [1.54, 1.807) is 0 Å². The van der Waals surface area contributed by atoms with Gasteiger partial charge in [-0.25, -0.2) is 9.97 Å². The third kappa shape index (κ3) is 2.41. The second-order valence-electron chi connectivity index (χ2n) is 5.71. The zero-order valence-electron chi connectivity index (χ0n) is 11.3. The van der Waals surface area contributed by atoms with E-state index < -0.39 is 0 Å². The summed E-state index contributed by atoms with van der Waals surface area (Å²) in [7, 11) is 0. The van der Waals surface area contributed by atoms with Gasteiger partial charge in [-0.2, -0.15) is 0 Å². The van der Waals surface area contributed by atoms with Crippen molar-refractivity contribution < 1.29 is 0 Å². The van der Waals surface area contributed by atoms with Gasteiger partial charge < -0.3 is 5.32 Å². The van der Waals surface area contributed by atoms with Crippen LogP contribution < -0.4 is 5.32 Å². The summed E-state index contributed by atoms with van der Waals surface area (Å²) < 4.78 is 0. The highest BCUT2D eigenvalue weighted by Gasteiger charge is 2.21. The highest BCUT2D eigenvalue weighted by Crippen LogP contribution is 2.30. The summed E-state index contributed by atoms with van der Waals surface area (Å²) >= 11 is 0. The average molecular weight is 245 g/mol. The third-order valence-corrected chi connectivity index (χ3v) is 4.38. The molecule has 3 nitrogen and oxygen atoms in total. The molecule has 1 aliphatic carbocycles. The van der Waals surface area contributed by atoms with E-state index in [0.717, 1.165) is 25.3 Å². The standard InChI is InChI=1S/C15H23N3/c1-11-13-10-16-9-8-14(13)18-15(17-11)12-6-4-2-3-5-7-12/h12,16H,2-10H2,1H3. The van der Waals surface area contributed by atoms with Crippen LogP contribution in [0.2, 0.25) is 0 Å². The molecule has 18 heavy (non-hydrogen) atoms. The largest absolute Gasteiger partial charge is 0.312 e. The van der Waals surface area contributed by atoms with Crippen LogP contribution in [-0.4, -0.2) is 16.5 Å². The summed E-state index contributed by atoms with van der Waals surface area (Å²) in [5.74, 6) is 1.75. The predicted molar refractivity (Wildman–Crippen MR) is 72.6 cm³/mol. The van der Waals surface area contributed by atoms with Crippen LogP contribution in [0.1, 0.15) is 67.2 Å². The van der Waals surface area contributed by atoms with Crippen molar-refractivity contribution in [1.82, 2.24) is 15.3 Å². The van der Waals surface area contributed by atoms with Crippen LogP contribution in [-0.2, 0) is 13.0 Å². The van der Waals surface area contributed by atoms with Gasteiger partial charge in [0, 0.05) is 36.7 Å². The molecule has 1 aromatic rings. The first-order valence-electron chi connectivity index (χ1n) is 7.41. The quantitative estimate of drug-likeness (QED) is 0.773. The maximum Gasteiger partial charge on any atom is 0.131 e. The molecule has 0 bridgehead atoms. The lowest BCUT2D eigenvalue weighted by molar-refractivity contribution is 0.542. The minimum absolute atomic E-state index is 0.617. The van der Waals surface area contributed by atoms with Crippen LogP contribution in [0.15, 0.2) is 0 Å². The monoisotopic (exact) mass is 245 g/mol. The molecule has 1 fully saturated rings. The Morgan fingerprint density at radius 3 is 2.61 bits per heavy atom. The molecular weight excluding hydrogens is 222 g/mol. The minimum atomic E-state index is 0.617. The van der Waals surface area contributed by atoms with E-state index in [2.05, 4.69) is 12.2 Å². The van der Waals surface area contributed by atoms with Crippen LogP contribution in [0, 0.1) is 6.92 Å². The molecule has 3 heteroatoms. The zero-order valence-corrected chi connectivity index (χ0v) is 11.3. The summed E-state index contributed by atoms with van der Waals surface area (Å²) in [6.45, 7) is 4.16. The van der Waals surface area contributed by atoms with Crippen LogP contribution in [0.5, 0.6) is 0 Å². The molecule has 0 atom stereocenters. The predicted octanol–water partition coefficient (Wildman–Crippen LogP) is 2.87. The molecule has 1 aromatic heterocycles. The Morgan fingerprint density at radius 1 is 1.06 bits per heavy atom. The van der Waals surface area contributed by atoms with Gasteiger partial charge in [0.15, 0.2) is 0 Å². The van der Waals surface area contributed by atoms with Crippen LogP contribution in [0.25, 0.3) is 0 Å². The Labute approximate surface area is 109 Å². The lowest BCUT2D eigenvalue weighted by Gasteiger charge is -2.21. The van der Waals surface area contributed by atoms with E-state index in [0.29, 0.717) is 5.92 Å². The van der Waals surface area contributed by atoms with Gasteiger partial charge in [-0.15, -0.1) is 0 Å². The van der Waals surface area contributed by atoms with Crippen molar-refractivity contribution >= 4 is 0 Å². The first kappa shape index (κ1) is 12.1. The number of aryl methyl sites for hydroxylation is 1. The van der Waals surface area contributed by atoms with Gasteiger partial charge in [0.1, 0.15) is 5.82 Å². The van der Waals surface area contributed by atoms with Gasteiger partial charge in [-0.05, 0) is 19.8 Å². The Bertz CT molecular complexity index is 420.